The first kappa shape index (κ1) is 17.0. The third-order valence-corrected chi connectivity index (χ3v) is 5.77. The van der Waals surface area contributed by atoms with Gasteiger partial charge in [-0.3, -0.25) is 0 Å². The predicted octanol–water partition coefficient (Wildman–Crippen LogP) is 4.88. The summed E-state index contributed by atoms with van der Waals surface area (Å²) in [5, 5.41) is 4.55. The molecule has 1 aliphatic carbocycles. The number of aromatic nitrogens is 2. The number of carbonyl (C=O) groups excluding carboxylic acids is 1. The summed E-state index contributed by atoms with van der Waals surface area (Å²) in [6.07, 6.45) is 7.15. The normalized spacial score (nSPS) is 13.4. The highest BCUT2D eigenvalue weighted by Gasteiger charge is 2.20. The zero-order valence-electron chi connectivity index (χ0n) is 14.7. The highest BCUT2D eigenvalue weighted by atomic mass is 32.1. The maximum atomic E-state index is 11.9. The molecule has 1 aliphatic rings. The molecular formula is C20H21N3O2S. The minimum Gasteiger partial charge on any atom is -0.462 e. The van der Waals surface area contributed by atoms with Gasteiger partial charge in [0.05, 0.1) is 17.6 Å². The molecule has 0 aliphatic heterocycles. The Kier molecular flexibility index (Phi) is 4.84. The molecule has 0 spiro atoms. The maximum absolute atomic E-state index is 11.9. The van der Waals surface area contributed by atoms with Crippen molar-refractivity contribution in [1.29, 1.82) is 0 Å². The number of ether oxygens (including phenoxy) is 1. The van der Waals surface area contributed by atoms with Gasteiger partial charge in [0.1, 0.15) is 17.0 Å². The van der Waals surface area contributed by atoms with Crippen molar-refractivity contribution in [1.82, 2.24) is 9.97 Å². The quantitative estimate of drug-likeness (QED) is 0.651. The van der Waals surface area contributed by atoms with Gasteiger partial charge < -0.3 is 10.1 Å². The summed E-state index contributed by atoms with van der Waals surface area (Å²) in [5.74, 6) is 0.561. The Hall–Kier alpha value is -2.47. The number of hydrogen-bond acceptors (Lipinski definition) is 6. The summed E-state index contributed by atoms with van der Waals surface area (Å²) < 4.78 is 5.17. The number of thiophene rings is 1. The number of fused-ring (bicyclic) bond motifs is 3. The Bertz CT molecular complexity index is 934. The Labute approximate surface area is 156 Å². The predicted molar refractivity (Wildman–Crippen MR) is 104 cm³/mol. The van der Waals surface area contributed by atoms with Crippen LogP contribution in [0.3, 0.4) is 0 Å². The molecule has 134 valence electrons. The van der Waals surface area contributed by atoms with Crippen LogP contribution in [-0.2, 0) is 17.6 Å². The van der Waals surface area contributed by atoms with Crippen LogP contribution in [0.15, 0.2) is 30.6 Å². The van der Waals surface area contributed by atoms with Crippen LogP contribution in [-0.4, -0.2) is 22.5 Å². The summed E-state index contributed by atoms with van der Waals surface area (Å²) in [6, 6.07) is 7.33. The molecule has 0 radical (unpaired) electrons. The molecule has 0 bridgehead atoms. The third-order valence-electron chi connectivity index (χ3n) is 4.57. The minimum atomic E-state index is -0.283. The average molecular weight is 367 g/mol. The lowest BCUT2D eigenvalue weighted by atomic mass is 9.97. The van der Waals surface area contributed by atoms with Gasteiger partial charge in [0.15, 0.2) is 0 Å². The molecule has 0 fully saturated rings. The Morgan fingerprint density at radius 2 is 2.00 bits per heavy atom. The van der Waals surface area contributed by atoms with Crippen LogP contribution in [0.25, 0.3) is 10.2 Å². The summed E-state index contributed by atoms with van der Waals surface area (Å²) in [5.41, 5.74) is 2.86. The lowest BCUT2D eigenvalue weighted by Gasteiger charge is -2.12. The molecule has 6 heteroatoms. The van der Waals surface area contributed by atoms with Gasteiger partial charge in [0.2, 0.25) is 0 Å². The molecule has 0 saturated heterocycles. The number of anilines is 2. The second-order valence-electron chi connectivity index (χ2n) is 6.45. The van der Waals surface area contributed by atoms with Gasteiger partial charge >= 0.3 is 5.97 Å². The summed E-state index contributed by atoms with van der Waals surface area (Å²) in [7, 11) is 0. The molecule has 1 N–H and O–H groups in total. The number of esters is 1. The largest absolute Gasteiger partial charge is 0.462 e. The fraction of sp³-hybridized carbons (Fsp3) is 0.350. The van der Waals surface area contributed by atoms with E-state index in [2.05, 4.69) is 15.3 Å². The number of benzene rings is 1. The van der Waals surface area contributed by atoms with E-state index in [-0.39, 0.29) is 5.97 Å². The first-order valence-electron chi connectivity index (χ1n) is 9.05. The monoisotopic (exact) mass is 367 g/mol. The zero-order chi connectivity index (χ0) is 17.9. The van der Waals surface area contributed by atoms with Gasteiger partial charge in [-0.15, -0.1) is 11.3 Å². The van der Waals surface area contributed by atoms with Crippen molar-refractivity contribution in [2.75, 3.05) is 11.9 Å². The molecule has 26 heavy (non-hydrogen) atoms. The van der Waals surface area contributed by atoms with Crippen molar-refractivity contribution in [3.05, 3.63) is 46.6 Å². The molecule has 2 aromatic heterocycles. The molecular weight excluding hydrogens is 346 g/mol. The van der Waals surface area contributed by atoms with Crippen molar-refractivity contribution >= 4 is 39.0 Å². The number of aryl methyl sites for hydroxylation is 2. The van der Waals surface area contributed by atoms with Crippen LogP contribution in [0, 0.1) is 0 Å². The number of hydrogen-bond donors (Lipinski definition) is 1. The van der Waals surface area contributed by atoms with Gasteiger partial charge in [-0.05, 0) is 61.9 Å². The van der Waals surface area contributed by atoms with E-state index in [1.54, 1.807) is 29.8 Å². The van der Waals surface area contributed by atoms with E-state index in [1.807, 2.05) is 19.1 Å². The second kappa shape index (κ2) is 7.41. The topological polar surface area (TPSA) is 64.1 Å². The van der Waals surface area contributed by atoms with Gasteiger partial charge in [0.25, 0.3) is 0 Å². The fourth-order valence-electron chi connectivity index (χ4n) is 3.29. The summed E-state index contributed by atoms with van der Waals surface area (Å²) >= 11 is 1.79. The molecule has 5 nitrogen and oxygen atoms in total. The van der Waals surface area contributed by atoms with Gasteiger partial charge in [-0.25, -0.2) is 14.8 Å². The zero-order valence-corrected chi connectivity index (χ0v) is 15.6. The number of carbonyl (C=O) groups is 1. The fourth-order valence-corrected chi connectivity index (χ4v) is 4.52. The van der Waals surface area contributed by atoms with Gasteiger partial charge in [0, 0.05) is 10.6 Å². The molecule has 1 aromatic carbocycles. The molecule has 0 amide bonds. The Morgan fingerprint density at radius 1 is 1.19 bits per heavy atom. The highest BCUT2D eigenvalue weighted by Crippen LogP contribution is 2.38. The molecule has 3 aromatic rings. The van der Waals surface area contributed by atoms with Crippen LogP contribution >= 0.6 is 11.3 Å². The van der Waals surface area contributed by atoms with E-state index >= 15 is 0 Å². The summed E-state index contributed by atoms with van der Waals surface area (Å²) in [4.78, 5) is 23.3. The average Bonchev–Trinajstić information content (AvgIpc) is 3.06. The first-order chi connectivity index (χ1) is 12.8. The molecule has 0 atom stereocenters. The van der Waals surface area contributed by atoms with Crippen LogP contribution in [0.1, 0.15) is 47.0 Å². The Morgan fingerprint density at radius 3 is 2.81 bits per heavy atom. The smallest absolute Gasteiger partial charge is 0.338 e. The highest BCUT2D eigenvalue weighted by molar-refractivity contribution is 7.19. The van der Waals surface area contributed by atoms with Crippen LogP contribution in [0.2, 0.25) is 0 Å². The molecule has 2 heterocycles. The molecule has 4 rings (SSSR count). The lowest BCUT2D eigenvalue weighted by molar-refractivity contribution is 0.0505. The van der Waals surface area contributed by atoms with Crippen LogP contribution in [0.5, 0.6) is 0 Å². The van der Waals surface area contributed by atoms with Crippen LogP contribution in [0.4, 0.5) is 11.5 Å². The third kappa shape index (κ3) is 3.29. The SMILES string of the molecule is CCCOC(=O)c1ccc(Nc2ncnc3sc4c(c23)CCCC4)cc1. The minimum absolute atomic E-state index is 0.283. The standard InChI is InChI=1S/C20H21N3O2S/c1-2-11-25-20(24)13-7-9-14(10-8-13)23-18-17-15-5-3-4-6-16(15)26-19(17)22-12-21-18/h7-10,12H,2-6,11H2,1H3,(H,21,22,23). The second-order valence-corrected chi connectivity index (χ2v) is 7.54. The van der Waals surface area contributed by atoms with E-state index in [4.69, 9.17) is 4.74 Å². The van der Waals surface area contributed by atoms with E-state index < -0.39 is 0 Å². The van der Waals surface area contributed by atoms with Gasteiger partial charge in [-0.1, -0.05) is 6.92 Å². The van der Waals surface area contributed by atoms with Crippen molar-refractivity contribution in [2.24, 2.45) is 0 Å². The van der Waals surface area contributed by atoms with E-state index in [0.717, 1.165) is 41.0 Å². The van der Waals surface area contributed by atoms with Crippen molar-refractivity contribution in [3.8, 4) is 0 Å². The van der Waals surface area contributed by atoms with E-state index in [1.165, 1.54) is 23.3 Å². The first-order valence-corrected chi connectivity index (χ1v) is 9.87. The van der Waals surface area contributed by atoms with Crippen molar-refractivity contribution < 1.29 is 9.53 Å². The number of nitrogens with one attached hydrogen (secondary N) is 1. The van der Waals surface area contributed by atoms with E-state index in [9.17, 15) is 4.79 Å². The number of rotatable bonds is 5. The van der Waals surface area contributed by atoms with Crippen LogP contribution < -0.4 is 5.32 Å². The lowest BCUT2D eigenvalue weighted by Crippen LogP contribution is -2.06. The molecule has 0 unspecified atom stereocenters. The summed E-state index contributed by atoms with van der Waals surface area (Å²) in [6.45, 7) is 2.42. The number of nitrogens with zero attached hydrogens (tertiary/aromatic N) is 2. The van der Waals surface area contributed by atoms with E-state index in [0.29, 0.717) is 12.2 Å². The van der Waals surface area contributed by atoms with Crippen molar-refractivity contribution in [2.45, 2.75) is 39.0 Å². The van der Waals surface area contributed by atoms with Crippen molar-refractivity contribution in [3.63, 3.8) is 0 Å². The Balaban J connectivity index is 1.59. The molecule has 0 saturated carbocycles. The maximum Gasteiger partial charge on any atom is 0.338 e. The van der Waals surface area contributed by atoms with Gasteiger partial charge in [-0.2, -0.15) is 0 Å².